The van der Waals surface area contributed by atoms with Crippen molar-refractivity contribution in [1.29, 1.82) is 0 Å². The SMILES string of the molecule is CCCCC(C)(C)OCCC(C)(C)N[C@H]1[C@@H]([C@H](NC(C)=O)C(CC)CC)[C@H](N=C(N)N)C[C@@H]1C(=O)O. The van der Waals surface area contributed by atoms with Crippen molar-refractivity contribution >= 4 is 17.8 Å². The van der Waals surface area contributed by atoms with Crippen LogP contribution in [0.1, 0.15) is 100 Å². The molecule has 5 atom stereocenters. The molecular formula is C27H53N5O4. The Kier molecular flexibility index (Phi) is 12.7. The number of nitrogens with zero attached hydrogens (tertiary/aromatic N) is 1. The first kappa shape index (κ1) is 32.2. The first-order valence-electron chi connectivity index (χ1n) is 13.7. The van der Waals surface area contributed by atoms with Crippen molar-refractivity contribution in [3.63, 3.8) is 0 Å². The molecule has 0 aliphatic heterocycles. The summed E-state index contributed by atoms with van der Waals surface area (Å²) in [5.74, 6) is -1.89. The van der Waals surface area contributed by atoms with Crippen molar-refractivity contribution in [3.05, 3.63) is 0 Å². The molecule has 9 heteroatoms. The van der Waals surface area contributed by atoms with Crippen molar-refractivity contribution < 1.29 is 19.4 Å². The van der Waals surface area contributed by atoms with Gasteiger partial charge in [0.2, 0.25) is 5.91 Å². The molecule has 1 saturated carbocycles. The molecule has 0 heterocycles. The summed E-state index contributed by atoms with van der Waals surface area (Å²) in [6.07, 6.45) is 5.95. The minimum absolute atomic E-state index is 0.0668. The highest BCUT2D eigenvalue weighted by Crippen LogP contribution is 2.41. The van der Waals surface area contributed by atoms with Gasteiger partial charge in [-0.05, 0) is 52.9 Å². The molecule has 210 valence electrons. The number of unbranched alkanes of at least 4 members (excludes halogenated alkanes) is 1. The molecule has 36 heavy (non-hydrogen) atoms. The second-order valence-electron chi connectivity index (χ2n) is 11.7. The summed E-state index contributed by atoms with van der Waals surface area (Å²) in [7, 11) is 0. The van der Waals surface area contributed by atoms with Gasteiger partial charge in [0.15, 0.2) is 5.96 Å². The fourth-order valence-corrected chi connectivity index (χ4v) is 5.66. The number of carboxylic acids is 1. The fraction of sp³-hybridized carbons (Fsp3) is 0.889. The molecule has 1 aliphatic rings. The zero-order valence-corrected chi connectivity index (χ0v) is 23.9. The van der Waals surface area contributed by atoms with E-state index in [-0.39, 0.29) is 35.3 Å². The zero-order chi connectivity index (χ0) is 27.7. The summed E-state index contributed by atoms with van der Waals surface area (Å²) in [6, 6.07) is -1.09. The van der Waals surface area contributed by atoms with Crippen molar-refractivity contribution in [3.8, 4) is 0 Å². The van der Waals surface area contributed by atoms with Gasteiger partial charge in [-0.15, -0.1) is 0 Å². The number of nitrogens with one attached hydrogen (secondary N) is 2. The van der Waals surface area contributed by atoms with Crippen LogP contribution in [0.3, 0.4) is 0 Å². The van der Waals surface area contributed by atoms with E-state index in [1.165, 1.54) is 6.92 Å². The van der Waals surface area contributed by atoms with Crippen LogP contribution in [-0.4, -0.2) is 58.8 Å². The van der Waals surface area contributed by atoms with E-state index in [0.29, 0.717) is 19.4 Å². The van der Waals surface area contributed by atoms with Crippen LogP contribution < -0.4 is 22.1 Å². The van der Waals surface area contributed by atoms with Gasteiger partial charge in [0, 0.05) is 37.1 Å². The predicted octanol–water partition coefficient (Wildman–Crippen LogP) is 3.40. The third-order valence-corrected chi connectivity index (χ3v) is 7.67. The fourth-order valence-electron chi connectivity index (χ4n) is 5.66. The molecule has 0 bridgehead atoms. The Labute approximate surface area is 218 Å². The van der Waals surface area contributed by atoms with Crippen LogP contribution in [-0.2, 0) is 14.3 Å². The van der Waals surface area contributed by atoms with Crippen LogP contribution in [0.15, 0.2) is 4.99 Å². The summed E-state index contributed by atoms with van der Waals surface area (Å²) in [5.41, 5.74) is 10.9. The van der Waals surface area contributed by atoms with Crippen molar-refractivity contribution in [2.24, 2.45) is 34.2 Å². The van der Waals surface area contributed by atoms with Gasteiger partial charge in [-0.2, -0.15) is 0 Å². The van der Waals surface area contributed by atoms with Gasteiger partial charge in [0.1, 0.15) is 0 Å². The van der Waals surface area contributed by atoms with Crippen LogP contribution in [0, 0.1) is 17.8 Å². The largest absolute Gasteiger partial charge is 0.481 e. The number of aliphatic imine (C=N–C) groups is 1. The van der Waals surface area contributed by atoms with Gasteiger partial charge in [-0.1, -0.05) is 46.5 Å². The quantitative estimate of drug-likeness (QED) is 0.157. The molecule has 9 nitrogen and oxygen atoms in total. The number of carboxylic acid groups (broad SMARTS) is 1. The summed E-state index contributed by atoms with van der Waals surface area (Å²) < 4.78 is 6.21. The van der Waals surface area contributed by atoms with E-state index in [1.54, 1.807) is 0 Å². The van der Waals surface area contributed by atoms with Crippen molar-refractivity contribution in [2.45, 2.75) is 130 Å². The van der Waals surface area contributed by atoms with E-state index in [1.807, 2.05) is 0 Å². The Hall–Kier alpha value is -1.87. The number of ether oxygens (including phenoxy) is 1. The Bertz CT molecular complexity index is 732. The Morgan fingerprint density at radius 3 is 2.19 bits per heavy atom. The van der Waals surface area contributed by atoms with Gasteiger partial charge in [-0.3, -0.25) is 9.59 Å². The number of rotatable bonds is 16. The van der Waals surface area contributed by atoms with Crippen LogP contribution in [0.25, 0.3) is 0 Å². The van der Waals surface area contributed by atoms with E-state index >= 15 is 0 Å². The number of carbonyl (C=O) groups is 2. The highest BCUT2D eigenvalue weighted by Gasteiger charge is 2.52. The first-order valence-corrected chi connectivity index (χ1v) is 13.7. The third kappa shape index (κ3) is 9.88. The number of amides is 1. The molecule has 0 saturated heterocycles. The summed E-state index contributed by atoms with van der Waals surface area (Å²) in [5, 5.41) is 17.0. The van der Waals surface area contributed by atoms with E-state index < -0.39 is 29.5 Å². The van der Waals surface area contributed by atoms with E-state index in [2.05, 4.69) is 64.1 Å². The van der Waals surface area contributed by atoms with E-state index in [0.717, 1.165) is 32.1 Å². The molecule has 1 amide bonds. The Morgan fingerprint density at radius 2 is 1.72 bits per heavy atom. The van der Waals surface area contributed by atoms with E-state index in [9.17, 15) is 14.7 Å². The lowest BCUT2D eigenvalue weighted by molar-refractivity contribution is -0.142. The second-order valence-corrected chi connectivity index (χ2v) is 11.7. The van der Waals surface area contributed by atoms with Gasteiger partial charge < -0.3 is 31.9 Å². The van der Waals surface area contributed by atoms with E-state index in [4.69, 9.17) is 16.2 Å². The molecule has 1 aliphatic carbocycles. The van der Waals surface area contributed by atoms with Crippen molar-refractivity contribution in [2.75, 3.05) is 6.61 Å². The number of guanidine groups is 1. The minimum atomic E-state index is -0.885. The number of aliphatic carboxylic acids is 1. The Balaban J connectivity index is 3.28. The summed E-state index contributed by atoms with van der Waals surface area (Å²) in [6.45, 7) is 16.8. The normalized spacial score (nSPS) is 23.5. The summed E-state index contributed by atoms with van der Waals surface area (Å²) in [4.78, 5) is 29.1. The highest BCUT2D eigenvalue weighted by atomic mass is 16.5. The predicted molar refractivity (Wildman–Crippen MR) is 146 cm³/mol. The molecule has 0 aromatic heterocycles. The molecule has 0 spiro atoms. The average Bonchev–Trinajstić information content (AvgIpc) is 3.08. The van der Waals surface area contributed by atoms with Gasteiger partial charge >= 0.3 is 5.97 Å². The highest BCUT2D eigenvalue weighted by molar-refractivity contribution is 5.77. The molecule has 7 N–H and O–H groups in total. The third-order valence-electron chi connectivity index (χ3n) is 7.67. The molecule has 0 aromatic rings. The van der Waals surface area contributed by atoms with Crippen LogP contribution >= 0.6 is 0 Å². The monoisotopic (exact) mass is 511 g/mol. The molecule has 0 aromatic carbocycles. The average molecular weight is 512 g/mol. The lowest BCUT2D eigenvalue weighted by Gasteiger charge is -2.41. The molecular weight excluding hydrogens is 458 g/mol. The lowest BCUT2D eigenvalue weighted by Crippen LogP contribution is -2.58. The number of hydrogen-bond donors (Lipinski definition) is 5. The zero-order valence-electron chi connectivity index (χ0n) is 23.9. The van der Waals surface area contributed by atoms with Gasteiger partial charge in [-0.25, -0.2) is 4.99 Å². The molecule has 0 radical (unpaired) electrons. The van der Waals surface area contributed by atoms with Crippen LogP contribution in [0.4, 0.5) is 0 Å². The maximum Gasteiger partial charge on any atom is 0.308 e. The van der Waals surface area contributed by atoms with Crippen molar-refractivity contribution in [1.82, 2.24) is 10.6 Å². The molecule has 0 unspecified atom stereocenters. The maximum atomic E-state index is 12.4. The maximum absolute atomic E-state index is 12.4. The molecule has 1 fully saturated rings. The van der Waals surface area contributed by atoms with Gasteiger partial charge in [0.05, 0.1) is 17.6 Å². The van der Waals surface area contributed by atoms with Crippen LogP contribution in [0.5, 0.6) is 0 Å². The topological polar surface area (TPSA) is 152 Å². The number of hydrogen-bond acceptors (Lipinski definition) is 5. The minimum Gasteiger partial charge on any atom is -0.481 e. The number of nitrogens with two attached hydrogens (primary N) is 2. The molecule has 1 rings (SSSR count). The smallest absolute Gasteiger partial charge is 0.308 e. The number of carbonyl (C=O) groups excluding carboxylic acids is 1. The van der Waals surface area contributed by atoms with Crippen LogP contribution in [0.2, 0.25) is 0 Å². The standard InChI is InChI=1S/C27H53N5O4/c1-9-12-13-27(7,8)36-15-14-26(5,6)32-23-19(24(34)35)16-20(31-25(28)29)21(23)22(30-17(4)33)18(10-2)11-3/h18-23,32H,9-16H2,1-8H3,(H,30,33)(H,34,35)(H4,28,29,31)/t19-,20+,21+,22+,23+/m0/s1. The lowest BCUT2D eigenvalue weighted by atomic mass is 9.78. The summed E-state index contributed by atoms with van der Waals surface area (Å²) >= 11 is 0. The van der Waals surface area contributed by atoms with Gasteiger partial charge in [0.25, 0.3) is 0 Å². The Morgan fingerprint density at radius 1 is 1.11 bits per heavy atom. The second kappa shape index (κ2) is 14.2. The first-order chi connectivity index (χ1) is 16.7.